The van der Waals surface area contributed by atoms with E-state index in [9.17, 15) is 0 Å². The van der Waals surface area contributed by atoms with Gasteiger partial charge in [-0.25, -0.2) is 0 Å². The van der Waals surface area contributed by atoms with Crippen LogP contribution in [0.25, 0.3) is 0 Å². The van der Waals surface area contributed by atoms with Gasteiger partial charge in [0.05, 0.1) is 6.61 Å². The molecule has 0 aliphatic carbocycles. The van der Waals surface area contributed by atoms with Crippen LogP contribution in [0.4, 0.5) is 0 Å². The number of rotatable bonds is 6. The van der Waals surface area contributed by atoms with E-state index in [1.165, 1.54) is 38.8 Å². The zero-order chi connectivity index (χ0) is 11.9. The van der Waals surface area contributed by atoms with Crippen LogP contribution in [0.1, 0.15) is 39.5 Å². The average Bonchev–Trinajstić information content (AvgIpc) is 2.53. The van der Waals surface area contributed by atoms with Gasteiger partial charge in [0, 0.05) is 19.7 Å². The first-order valence-corrected chi connectivity index (χ1v) is 6.64. The maximum Gasteiger partial charge on any atom is 0.0593 e. The Balaban J connectivity index is 2.05. The molecule has 0 saturated carbocycles. The molecule has 0 atom stereocenters. The first-order chi connectivity index (χ1) is 7.64. The van der Waals surface area contributed by atoms with Crippen molar-refractivity contribution in [2.24, 2.45) is 11.1 Å². The highest BCUT2D eigenvalue weighted by Gasteiger charge is 2.15. The molecule has 0 spiro atoms. The lowest BCUT2D eigenvalue weighted by Crippen LogP contribution is -2.28. The van der Waals surface area contributed by atoms with Crippen LogP contribution >= 0.6 is 0 Å². The van der Waals surface area contributed by atoms with Gasteiger partial charge in [-0.05, 0) is 37.8 Å². The van der Waals surface area contributed by atoms with E-state index in [-0.39, 0.29) is 0 Å². The van der Waals surface area contributed by atoms with Crippen molar-refractivity contribution in [2.45, 2.75) is 39.5 Å². The Hall–Kier alpha value is -0.120. The monoisotopic (exact) mass is 228 g/mol. The Bertz CT molecular complexity index is 175. The summed E-state index contributed by atoms with van der Waals surface area (Å²) in [4.78, 5) is 2.53. The molecule has 1 rings (SSSR count). The summed E-state index contributed by atoms with van der Waals surface area (Å²) in [6, 6.07) is 0. The molecule has 1 aliphatic rings. The van der Waals surface area contributed by atoms with E-state index in [2.05, 4.69) is 18.7 Å². The van der Waals surface area contributed by atoms with Crippen LogP contribution in [-0.4, -0.2) is 44.3 Å². The van der Waals surface area contributed by atoms with Crippen molar-refractivity contribution in [3.05, 3.63) is 0 Å². The molecule has 16 heavy (non-hydrogen) atoms. The first-order valence-electron chi connectivity index (χ1n) is 6.64. The Kier molecular flexibility index (Phi) is 6.32. The molecule has 0 aromatic rings. The van der Waals surface area contributed by atoms with Crippen LogP contribution in [0.2, 0.25) is 0 Å². The van der Waals surface area contributed by atoms with Gasteiger partial charge in [0.15, 0.2) is 0 Å². The fraction of sp³-hybridized carbons (Fsp3) is 1.00. The second-order valence-corrected chi connectivity index (χ2v) is 5.63. The van der Waals surface area contributed by atoms with Gasteiger partial charge < -0.3 is 15.4 Å². The summed E-state index contributed by atoms with van der Waals surface area (Å²) in [5.74, 6) is 0. The fourth-order valence-electron chi connectivity index (χ4n) is 2.06. The molecule has 3 nitrogen and oxygen atoms in total. The molecule has 0 amide bonds. The Morgan fingerprint density at radius 2 is 2.00 bits per heavy atom. The summed E-state index contributed by atoms with van der Waals surface area (Å²) in [6.07, 6.45) is 5.02. The largest absolute Gasteiger partial charge is 0.380 e. The summed E-state index contributed by atoms with van der Waals surface area (Å²) < 4.78 is 5.44. The molecule has 1 saturated heterocycles. The Labute approximate surface area is 100 Å². The van der Waals surface area contributed by atoms with Gasteiger partial charge in [-0.2, -0.15) is 0 Å². The van der Waals surface area contributed by atoms with Gasteiger partial charge in [-0.3, -0.25) is 0 Å². The maximum atomic E-state index is 5.73. The molecule has 0 aromatic heterocycles. The summed E-state index contributed by atoms with van der Waals surface area (Å²) in [7, 11) is 0. The number of unbranched alkanes of at least 4 members (excludes halogenated alkanes) is 1. The highest BCUT2D eigenvalue weighted by Crippen LogP contribution is 2.21. The van der Waals surface area contributed by atoms with Crippen molar-refractivity contribution < 1.29 is 4.74 Å². The lowest BCUT2D eigenvalue weighted by atomic mass is 9.87. The van der Waals surface area contributed by atoms with Gasteiger partial charge >= 0.3 is 0 Å². The molecule has 3 heteroatoms. The van der Waals surface area contributed by atoms with Gasteiger partial charge in [-0.15, -0.1) is 0 Å². The third-order valence-corrected chi connectivity index (χ3v) is 3.45. The van der Waals surface area contributed by atoms with E-state index in [1.54, 1.807) is 0 Å². The van der Waals surface area contributed by atoms with Crippen LogP contribution in [0, 0.1) is 5.41 Å². The SMILES string of the molecule is CC(C)(CN)CCCCN1CCCOCC1. The maximum absolute atomic E-state index is 5.73. The molecule has 0 radical (unpaired) electrons. The zero-order valence-corrected chi connectivity index (χ0v) is 11.0. The molecular weight excluding hydrogens is 200 g/mol. The van der Waals surface area contributed by atoms with Gasteiger partial charge in [0.25, 0.3) is 0 Å². The third-order valence-electron chi connectivity index (χ3n) is 3.45. The summed E-state index contributed by atoms with van der Waals surface area (Å²) >= 11 is 0. The minimum atomic E-state index is 0.321. The van der Waals surface area contributed by atoms with Crippen LogP contribution < -0.4 is 5.73 Å². The topological polar surface area (TPSA) is 38.5 Å². The van der Waals surface area contributed by atoms with Crippen molar-refractivity contribution in [3.8, 4) is 0 Å². The zero-order valence-electron chi connectivity index (χ0n) is 11.0. The molecule has 0 unspecified atom stereocenters. The second kappa shape index (κ2) is 7.25. The number of nitrogens with two attached hydrogens (primary N) is 1. The van der Waals surface area contributed by atoms with Crippen molar-refractivity contribution in [1.29, 1.82) is 0 Å². The van der Waals surface area contributed by atoms with E-state index in [1.807, 2.05) is 0 Å². The number of hydrogen-bond donors (Lipinski definition) is 1. The summed E-state index contributed by atoms with van der Waals surface area (Å²) in [5, 5.41) is 0. The lowest BCUT2D eigenvalue weighted by Gasteiger charge is -2.23. The molecule has 0 aromatic carbocycles. The number of ether oxygens (including phenoxy) is 1. The van der Waals surface area contributed by atoms with Crippen molar-refractivity contribution in [1.82, 2.24) is 4.90 Å². The van der Waals surface area contributed by atoms with E-state index in [0.29, 0.717) is 5.41 Å². The van der Waals surface area contributed by atoms with Crippen molar-refractivity contribution in [3.63, 3.8) is 0 Å². The quantitative estimate of drug-likeness (QED) is 0.705. The minimum Gasteiger partial charge on any atom is -0.380 e. The Morgan fingerprint density at radius 3 is 2.75 bits per heavy atom. The fourth-order valence-corrected chi connectivity index (χ4v) is 2.06. The van der Waals surface area contributed by atoms with Gasteiger partial charge in [0.2, 0.25) is 0 Å². The van der Waals surface area contributed by atoms with Crippen molar-refractivity contribution in [2.75, 3.05) is 39.4 Å². The smallest absolute Gasteiger partial charge is 0.0593 e. The van der Waals surface area contributed by atoms with Gasteiger partial charge in [-0.1, -0.05) is 20.3 Å². The van der Waals surface area contributed by atoms with E-state index >= 15 is 0 Å². The number of nitrogens with zero attached hydrogens (tertiary/aromatic N) is 1. The molecule has 1 heterocycles. The lowest BCUT2D eigenvalue weighted by molar-refractivity contribution is 0.141. The number of hydrogen-bond acceptors (Lipinski definition) is 3. The molecule has 2 N–H and O–H groups in total. The van der Waals surface area contributed by atoms with Crippen LogP contribution in [-0.2, 0) is 4.74 Å². The molecule has 1 fully saturated rings. The third kappa shape index (κ3) is 5.83. The summed E-state index contributed by atoms with van der Waals surface area (Å²) in [6.45, 7) is 10.7. The van der Waals surface area contributed by atoms with Crippen LogP contribution in [0.5, 0.6) is 0 Å². The molecule has 96 valence electrons. The first kappa shape index (κ1) is 13.9. The van der Waals surface area contributed by atoms with E-state index in [4.69, 9.17) is 10.5 Å². The standard InChI is InChI=1S/C13H28N2O/c1-13(2,12-14)6-3-4-7-15-8-5-10-16-11-9-15/h3-12,14H2,1-2H3. The van der Waals surface area contributed by atoms with E-state index < -0.39 is 0 Å². The minimum absolute atomic E-state index is 0.321. The highest BCUT2D eigenvalue weighted by molar-refractivity contribution is 4.69. The predicted molar refractivity (Wildman–Crippen MR) is 68.6 cm³/mol. The summed E-state index contributed by atoms with van der Waals surface area (Å²) in [5.41, 5.74) is 6.05. The van der Waals surface area contributed by atoms with Crippen LogP contribution in [0.3, 0.4) is 0 Å². The van der Waals surface area contributed by atoms with Gasteiger partial charge in [0.1, 0.15) is 0 Å². The molecule has 1 aliphatic heterocycles. The normalized spacial score (nSPS) is 19.7. The Morgan fingerprint density at radius 1 is 1.19 bits per heavy atom. The predicted octanol–water partition coefficient (Wildman–Crippen LogP) is 1.86. The molecular formula is C13H28N2O. The van der Waals surface area contributed by atoms with Crippen molar-refractivity contribution >= 4 is 0 Å². The van der Waals surface area contributed by atoms with Crippen LogP contribution in [0.15, 0.2) is 0 Å². The highest BCUT2D eigenvalue weighted by atomic mass is 16.5. The average molecular weight is 228 g/mol. The second-order valence-electron chi connectivity index (χ2n) is 5.63. The van der Waals surface area contributed by atoms with E-state index in [0.717, 1.165) is 26.3 Å². The molecule has 0 bridgehead atoms.